The quantitative estimate of drug-likeness (QED) is 0.900. The molecule has 0 spiro atoms. The molecule has 1 fully saturated rings. The summed E-state index contributed by atoms with van der Waals surface area (Å²) < 4.78 is 10.8. The maximum absolute atomic E-state index is 12.2. The molecule has 1 aromatic carbocycles. The first kappa shape index (κ1) is 14.9. The van der Waals surface area contributed by atoms with Crippen molar-refractivity contribution >= 4 is 5.91 Å². The van der Waals surface area contributed by atoms with Gasteiger partial charge >= 0.3 is 0 Å². The summed E-state index contributed by atoms with van der Waals surface area (Å²) >= 11 is 0. The Morgan fingerprint density at radius 1 is 1.50 bits per heavy atom. The number of benzene rings is 1. The van der Waals surface area contributed by atoms with Gasteiger partial charge in [0, 0.05) is 13.2 Å². The molecule has 1 aromatic rings. The van der Waals surface area contributed by atoms with Gasteiger partial charge < -0.3 is 14.8 Å². The van der Waals surface area contributed by atoms with Gasteiger partial charge in [-0.05, 0) is 36.5 Å². The predicted octanol–water partition coefficient (Wildman–Crippen LogP) is 2.73. The number of hydrogen-bond acceptors (Lipinski definition) is 3. The summed E-state index contributed by atoms with van der Waals surface area (Å²) in [4.78, 5) is 12.2. The molecule has 1 heterocycles. The highest BCUT2D eigenvalue weighted by atomic mass is 16.5. The average Bonchev–Trinajstić information content (AvgIpc) is 2.97. The van der Waals surface area contributed by atoms with Gasteiger partial charge in [0.15, 0.2) is 0 Å². The van der Waals surface area contributed by atoms with Gasteiger partial charge in [0.2, 0.25) is 0 Å². The molecule has 1 N–H and O–H groups in total. The fourth-order valence-electron chi connectivity index (χ4n) is 2.36. The van der Waals surface area contributed by atoms with Crippen LogP contribution in [-0.4, -0.2) is 32.3 Å². The summed E-state index contributed by atoms with van der Waals surface area (Å²) in [7, 11) is 1.59. The van der Waals surface area contributed by atoms with E-state index in [9.17, 15) is 4.79 Å². The van der Waals surface area contributed by atoms with Crippen LogP contribution in [0.4, 0.5) is 0 Å². The van der Waals surface area contributed by atoms with Crippen molar-refractivity contribution in [2.24, 2.45) is 0 Å². The Labute approximate surface area is 120 Å². The number of ether oxygens (including phenoxy) is 2. The minimum absolute atomic E-state index is 0.104. The van der Waals surface area contributed by atoms with Crippen molar-refractivity contribution in [1.29, 1.82) is 0 Å². The van der Waals surface area contributed by atoms with Crippen molar-refractivity contribution < 1.29 is 14.3 Å². The minimum Gasteiger partial charge on any atom is -0.496 e. The predicted molar refractivity (Wildman–Crippen MR) is 78.4 cm³/mol. The second kappa shape index (κ2) is 6.75. The molecular formula is C16H23NO3. The van der Waals surface area contributed by atoms with E-state index in [-0.39, 0.29) is 12.0 Å². The molecule has 0 bridgehead atoms. The number of amides is 1. The van der Waals surface area contributed by atoms with Crippen LogP contribution in [0.2, 0.25) is 0 Å². The normalized spacial score (nSPS) is 18.3. The van der Waals surface area contributed by atoms with Gasteiger partial charge in [0.1, 0.15) is 5.75 Å². The second-order valence-electron chi connectivity index (χ2n) is 5.46. The summed E-state index contributed by atoms with van der Waals surface area (Å²) in [5.74, 6) is 0.932. The SMILES string of the molecule is COc1cc(C(C)C)ccc1C(=O)NCC1CCCO1. The van der Waals surface area contributed by atoms with Crippen molar-refractivity contribution in [1.82, 2.24) is 5.32 Å². The highest BCUT2D eigenvalue weighted by molar-refractivity contribution is 5.97. The van der Waals surface area contributed by atoms with Crippen LogP contribution in [0.5, 0.6) is 5.75 Å². The Kier molecular flexibility index (Phi) is 5.01. The van der Waals surface area contributed by atoms with E-state index in [2.05, 4.69) is 19.2 Å². The van der Waals surface area contributed by atoms with Crippen LogP contribution in [0.3, 0.4) is 0 Å². The highest BCUT2D eigenvalue weighted by Crippen LogP contribution is 2.24. The first-order chi connectivity index (χ1) is 9.61. The molecular weight excluding hydrogens is 254 g/mol. The lowest BCUT2D eigenvalue weighted by Crippen LogP contribution is -2.32. The van der Waals surface area contributed by atoms with Crippen LogP contribution in [0.1, 0.15) is 48.5 Å². The highest BCUT2D eigenvalue weighted by Gasteiger charge is 2.18. The summed E-state index contributed by atoms with van der Waals surface area (Å²) in [6.45, 7) is 5.60. The summed E-state index contributed by atoms with van der Waals surface area (Å²) in [6, 6.07) is 5.75. The van der Waals surface area contributed by atoms with E-state index in [0.717, 1.165) is 25.0 Å². The molecule has 1 unspecified atom stereocenters. The van der Waals surface area contributed by atoms with Gasteiger partial charge in [-0.2, -0.15) is 0 Å². The molecule has 0 radical (unpaired) electrons. The molecule has 0 saturated carbocycles. The van der Waals surface area contributed by atoms with E-state index in [1.54, 1.807) is 7.11 Å². The molecule has 4 heteroatoms. The Morgan fingerprint density at radius 3 is 2.90 bits per heavy atom. The summed E-state index contributed by atoms with van der Waals surface area (Å²) in [5, 5.41) is 2.92. The molecule has 2 rings (SSSR count). The van der Waals surface area contributed by atoms with Gasteiger partial charge in [0.25, 0.3) is 5.91 Å². The van der Waals surface area contributed by atoms with Crippen molar-refractivity contribution in [2.75, 3.05) is 20.3 Å². The molecule has 1 aliphatic heterocycles. The molecule has 0 aliphatic carbocycles. The van der Waals surface area contributed by atoms with Gasteiger partial charge in [-0.3, -0.25) is 4.79 Å². The third-order valence-electron chi connectivity index (χ3n) is 3.65. The lowest BCUT2D eigenvalue weighted by atomic mass is 10.0. The molecule has 110 valence electrons. The van der Waals surface area contributed by atoms with E-state index < -0.39 is 0 Å². The molecule has 1 atom stereocenters. The Bertz CT molecular complexity index is 465. The van der Waals surface area contributed by atoms with Gasteiger partial charge in [0.05, 0.1) is 18.8 Å². The summed E-state index contributed by atoms with van der Waals surface area (Å²) in [6.07, 6.45) is 2.25. The number of carbonyl (C=O) groups is 1. The van der Waals surface area contributed by atoms with Gasteiger partial charge in [-0.15, -0.1) is 0 Å². The zero-order chi connectivity index (χ0) is 14.5. The first-order valence-electron chi connectivity index (χ1n) is 7.19. The van der Waals surface area contributed by atoms with Gasteiger partial charge in [-0.1, -0.05) is 19.9 Å². The molecule has 1 aliphatic rings. The zero-order valence-corrected chi connectivity index (χ0v) is 12.4. The van der Waals surface area contributed by atoms with Crippen molar-refractivity contribution in [3.63, 3.8) is 0 Å². The lowest BCUT2D eigenvalue weighted by molar-refractivity contribution is 0.0855. The van der Waals surface area contributed by atoms with E-state index >= 15 is 0 Å². The largest absolute Gasteiger partial charge is 0.496 e. The zero-order valence-electron chi connectivity index (χ0n) is 12.4. The number of hydrogen-bond donors (Lipinski definition) is 1. The molecule has 20 heavy (non-hydrogen) atoms. The smallest absolute Gasteiger partial charge is 0.255 e. The standard InChI is InChI=1S/C16H23NO3/c1-11(2)12-6-7-14(15(9-12)19-3)16(18)17-10-13-5-4-8-20-13/h6-7,9,11,13H,4-5,8,10H2,1-3H3,(H,17,18). The van der Waals surface area contributed by atoms with Crippen LogP contribution < -0.4 is 10.1 Å². The van der Waals surface area contributed by atoms with Crippen LogP contribution in [0.25, 0.3) is 0 Å². The number of methoxy groups -OCH3 is 1. The fraction of sp³-hybridized carbons (Fsp3) is 0.562. The molecule has 1 amide bonds. The van der Waals surface area contributed by atoms with E-state index in [4.69, 9.17) is 9.47 Å². The summed E-state index contributed by atoms with van der Waals surface area (Å²) in [5.41, 5.74) is 1.74. The van der Waals surface area contributed by atoms with Crippen LogP contribution in [-0.2, 0) is 4.74 Å². The van der Waals surface area contributed by atoms with E-state index in [0.29, 0.717) is 23.8 Å². The maximum Gasteiger partial charge on any atom is 0.255 e. The monoisotopic (exact) mass is 277 g/mol. The third-order valence-corrected chi connectivity index (χ3v) is 3.65. The second-order valence-corrected chi connectivity index (χ2v) is 5.46. The lowest BCUT2D eigenvalue weighted by Gasteiger charge is -2.14. The van der Waals surface area contributed by atoms with Crippen molar-refractivity contribution in [2.45, 2.75) is 38.7 Å². The first-order valence-corrected chi connectivity index (χ1v) is 7.19. The Morgan fingerprint density at radius 2 is 2.30 bits per heavy atom. The third kappa shape index (κ3) is 3.51. The number of rotatable bonds is 5. The Balaban J connectivity index is 2.04. The van der Waals surface area contributed by atoms with Crippen molar-refractivity contribution in [3.8, 4) is 5.75 Å². The minimum atomic E-state index is -0.104. The molecule has 1 saturated heterocycles. The number of nitrogens with one attached hydrogen (secondary N) is 1. The van der Waals surface area contributed by atoms with Crippen LogP contribution >= 0.6 is 0 Å². The van der Waals surface area contributed by atoms with E-state index in [1.807, 2.05) is 18.2 Å². The van der Waals surface area contributed by atoms with Crippen LogP contribution in [0, 0.1) is 0 Å². The van der Waals surface area contributed by atoms with Crippen LogP contribution in [0.15, 0.2) is 18.2 Å². The van der Waals surface area contributed by atoms with Crippen molar-refractivity contribution in [3.05, 3.63) is 29.3 Å². The molecule has 0 aromatic heterocycles. The Hall–Kier alpha value is -1.55. The average molecular weight is 277 g/mol. The fourth-order valence-corrected chi connectivity index (χ4v) is 2.36. The number of carbonyl (C=O) groups excluding carboxylic acids is 1. The topological polar surface area (TPSA) is 47.6 Å². The molecule has 4 nitrogen and oxygen atoms in total. The maximum atomic E-state index is 12.2. The van der Waals surface area contributed by atoms with Gasteiger partial charge in [-0.25, -0.2) is 0 Å². The van der Waals surface area contributed by atoms with E-state index in [1.165, 1.54) is 0 Å².